The summed E-state index contributed by atoms with van der Waals surface area (Å²) < 4.78 is 5.70. The number of hydrogen-bond donors (Lipinski definition) is 3. The van der Waals surface area contributed by atoms with Gasteiger partial charge in [-0.3, -0.25) is 9.69 Å². The predicted octanol–water partition coefficient (Wildman–Crippen LogP) is 3.38. The molecule has 0 spiro atoms. The average Bonchev–Trinajstić information content (AvgIpc) is 3.42. The third kappa shape index (κ3) is 5.59. The van der Waals surface area contributed by atoms with Gasteiger partial charge in [0.2, 0.25) is 5.95 Å². The summed E-state index contributed by atoms with van der Waals surface area (Å²) >= 11 is 0. The molecule has 1 fully saturated rings. The van der Waals surface area contributed by atoms with E-state index in [4.69, 9.17) is 15.0 Å². The van der Waals surface area contributed by atoms with Crippen LogP contribution >= 0.6 is 0 Å². The number of carbonyl (C=O) groups is 1. The number of rotatable bonds is 8. The van der Waals surface area contributed by atoms with Gasteiger partial charge in [0.05, 0.1) is 24.6 Å². The van der Waals surface area contributed by atoms with Gasteiger partial charge in [-0.15, -0.1) is 0 Å². The maximum atomic E-state index is 12.2. The summed E-state index contributed by atoms with van der Waals surface area (Å²) in [5.74, 6) is 0.857. The van der Waals surface area contributed by atoms with E-state index >= 15 is 0 Å². The summed E-state index contributed by atoms with van der Waals surface area (Å²) in [6, 6.07) is 17.1. The van der Waals surface area contributed by atoms with Crippen molar-refractivity contribution in [3.05, 3.63) is 65.9 Å². The number of fused-ring (bicyclic) bond motifs is 1. The first-order valence-electron chi connectivity index (χ1n) is 12.5. The minimum atomic E-state index is -0.293. The van der Waals surface area contributed by atoms with E-state index in [2.05, 4.69) is 49.6 Å². The molecule has 0 aliphatic carbocycles. The molecule has 1 aliphatic rings. The van der Waals surface area contributed by atoms with Crippen molar-refractivity contribution in [2.75, 3.05) is 52.2 Å². The van der Waals surface area contributed by atoms with Gasteiger partial charge in [-0.2, -0.15) is 10.2 Å². The van der Waals surface area contributed by atoms with E-state index in [0.717, 1.165) is 60.8 Å². The molecule has 3 N–H and O–H groups in total. The van der Waals surface area contributed by atoms with Gasteiger partial charge in [0.25, 0.3) is 5.91 Å². The van der Waals surface area contributed by atoms with Crippen LogP contribution in [0.25, 0.3) is 22.3 Å². The quantitative estimate of drug-likeness (QED) is 0.309. The van der Waals surface area contributed by atoms with Crippen LogP contribution in [0.4, 0.5) is 11.6 Å². The van der Waals surface area contributed by atoms with Crippen molar-refractivity contribution in [1.29, 1.82) is 5.26 Å². The summed E-state index contributed by atoms with van der Waals surface area (Å²) in [5, 5.41) is 15.4. The molecule has 2 aromatic heterocycles. The van der Waals surface area contributed by atoms with Crippen LogP contribution in [0.3, 0.4) is 0 Å². The number of piperazine rings is 1. The molecule has 1 aliphatic heterocycles. The molecule has 0 radical (unpaired) electrons. The fourth-order valence-corrected chi connectivity index (χ4v) is 4.54. The topological polar surface area (TPSA) is 122 Å². The van der Waals surface area contributed by atoms with Crippen molar-refractivity contribution >= 4 is 28.6 Å². The Labute approximate surface area is 221 Å². The van der Waals surface area contributed by atoms with Crippen LogP contribution in [0.5, 0.6) is 5.75 Å². The van der Waals surface area contributed by atoms with Gasteiger partial charge in [-0.05, 0) is 42.9 Å². The Balaban J connectivity index is 1.38. The molecule has 1 amide bonds. The second kappa shape index (κ2) is 11.3. The van der Waals surface area contributed by atoms with E-state index in [9.17, 15) is 4.79 Å². The number of aromatic amines is 1. The molecule has 4 aromatic rings. The number of benzene rings is 2. The van der Waals surface area contributed by atoms with Crippen LogP contribution in [0, 0.1) is 11.3 Å². The second-order valence-electron chi connectivity index (χ2n) is 9.29. The molecule has 0 saturated carbocycles. The lowest BCUT2D eigenvalue weighted by atomic mass is 10.1. The van der Waals surface area contributed by atoms with E-state index in [1.165, 1.54) is 5.56 Å². The monoisotopic (exact) mass is 510 g/mol. The van der Waals surface area contributed by atoms with Gasteiger partial charge in [-0.25, -0.2) is 4.98 Å². The molecule has 5 rings (SSSR count). The van der Waals surface area contributed by atoms with Crippen molar-refractivity contribution in [1.82, 2.24) is 30.1 Å². The average molecular weight is 511 g/mol. The van der Waals surface area contributed by atoms with Crippen molar-refractivity contribution in [3.63, 3.8) is 0 Å². The van der Waals surface area contributed by atoms with Gasteiger partial charge in [-0.1, -0.05) is 18.2 Å². The highest BCUT2D eigenvalue weighted by Gasteiger charge is 2.16. The Hall–Kier alpha value is -4.46. The maximum absolute atomic E-state index is 12.2. The van der Waals surface area contributed by atoms with E-state index in [1.54, 1.807) is 19.2 Å². The zero-order chi connectivity index (χ0) is 26.5. The molecule has 3 heterocycles. The number of methoxy groups -OCH3 is 1. The molecule has 10 heteroatoms. The Bertz CT molecular complexity index is 1470. The lowest BCUT2D eigenvalue weighted by Gasteiger charge is -2.32. The Morgan fingerprint density at radius 1 is 1.11 bits per heavy atom. The van der Waals surface area contributed by atoms with E-state index < -0.39 is 0 Å². The zero-order valence-electron chi connectivity index (χ0n) is 21.5. The number of aromatic nitrogens is 3. The molecule has 10 nitrogen and oxygen atoms in total. The van der Waals surface area contributed by atoms with Crippen LogP contribution in [0.2, 0.25) is 0 Å². The number of nitrogens with one attached hydrogen (secondary N) is 3. The number of anilines is 2. The molecule has 0 atom stereocenters. The second-order valence-corrected chi connectivity index (χ2v) is 9.29. The Kier molecular flexibility index (Phi) is 7.49. The number of nitrogens with zero attached hydrogens (tertiary/aromatic N) is 5. The summed E-state index contributed by atoms with van der Waals surface area (Å²) in [7, 11) is 3.82. The van der Waals surface area contributed by atoms with Crippen LogP contribution in [0.15, 0.2) is 54.7 Å². The smallest absolute Gasteiger partial charge is 0.252 e. The Morgan fingerprint density at radius 3 is 2.63 bits per heavy atom. The highest BCUT2D eigenvalue weighted by Crippen LogP contribution is 2.31. The maximum Gasteiger partial charge on any atom is 0.252 e. The first-order valence-corrected chi connectivity index (χ1v) is 12.5. The normalized spacial score (nSPS) is 14.2. The third-order valence-electron chi connectivity index (χ3n) is 6.68. The fraction of sp³-hybridized carbons (Fsp3) is 0.286. The predicted molar refractivity (Wildman–Crippen MR) is 146 cm³/mol. The number of likely N-dealkylation sites (N-methyl/N-ethyl adjacent to an activating group) is 1. The number of ether oxygens (including phenoxy) is 1. The largest absolute Gasteiger partial charge is 0.495 e. The molecule has 194 valence electrons. The lowest BCUT2D eigenvalue weighted by Crippen LogP contribution is -2.43. The SMILES string of the molecule is COc1cc(CN2CCN(C)CC2)ccc1Nc1nc(-c2ccc(C(=O)NCC#N)cc2)c2cc[nH]c2n1. The Morgan fingerprint density at radius 2 is 1.89 bits per heavy atom. The number of hydrogen-bond acceptors (Lipinski definition) is 8. The van der Waals surface area contributed by atoms with Gasteiger partial charge in [0.1, 0.15) is 17.9 Å². The number of H-pyrrole nitrogens is 1. The van der Waals surface area contributed by atoms with E-state index in [-0.39, 0.29) is 12.5 Å². The summed E-state index contributed by atoms with van der Waals surface area (Å²) in [6.07, 6.45) is 1.82. The fourth-order valence-electron chi connectivity index (χ4n) is 4.54. The van der Waals surface area contributed by atoms with Crippen molar-refractivity contribution in [2.24, 2.45) is 0 Å². The molecule has 2 aromatic carbocycles. The highest BCUT2D eigenvalue weighted by atomic mass is 16.5. The van der Waals surface area contributed by atoms with Gasteiger partial charge in [0.15, 0.2) is 0 Å². The third-order valence-corrected chi connectivity index (χ3v) is 6.68. The molecular formula is C28H30N8O2. The summed E-state index contributed by atoms with van der Waals surface area (Å²) in [5.41, 5.74) is 4.70. The van der Waals surface area contributed by atoms with Crippen LogP contribution < -0.4 is 15.4 Å². The van der Waals surface area contributed by atoms with Crippen molar-refractivity contribution < 1.29 is 9.53 Å². The summed E-state index contributed by atoms with van der Waals surface area (Å²) in [4.78, 5) is 29.6. The molecule has 0 unspecified atom stereocenters. The summed E-state index contributed by atoms with van der Waals surface area (Å²) in [6.45, 7) is 5.10. The van der Waals surface area contributed by atoms with E-state index in [1.807, 2.05) is 36.5 Å². The minimum absolute atomic E-state index is 0.0359. The van der Waals surface area contributed by atoms with Gasteiger partial charge < -0.3 is 25.3 Å². The molecule has 38 heavy (non-hydrogen) atoms. The number of amides is 1. The lowest BCUT2D eigenvalue weighted by molar-refractivity contribution is 0.0958. The van der Waals surface area contributed by atoms with Crippen molar-refractivity contribution in [2.45, 2.75) is 6.54 Å². The van der Waals surface area contributed by atoms with Crippen LogP contribution in [-0.4, -0.2) is 77.5 Å². The highest BCUT2D eigenvalue weighted by molar-refractivity contribution is 5.96. The van der Waals surface area contributed by atoms with Crippen molar-refractivity contribution in [3.8, 4) is 23.1 Å². The van der Waals surface area contributed by atoms with E-state index in [0.29, 0.717) is 17.2 Å². The molecular weight excluding hydrogens is 480 g/mol. The number of carbonyl (C=O) groups excluding carboxylic acids is 1. The molecule has 0 bridgehead atoms. The van der Waals surface area contributed by atoms with Gasteiger partial charge in [0, 0.05) is 55.4 Å². The minimum Gasteiger partial charge on any atom is -0.495 e. The standard InChI is InChI=1S/C28H30N8O2/c1-35-13-15-36(16-14-35)18-19-3-8-23(24(17-19)38-2)32-28-33-25(22-9-11-30-26(22)34-28)20-4-6-21(7-5-20)27(37)31-12-10-29/h3-9,11,17H,12-16,18H2,1-2H3,(H,31,37)(H2,30,32,33,34). The zero-order valence-corrected chi connectivity index (χ0v) is 21.5. The van der Waals surface area contributed by atoms with Gasteiger partial charge >= 0.3 is 0 Å². The van der Waals surface area contributed by atoms with Crippen LogP contribution in [0.1, 0.15) is 15.9 Å². The molecule has 1 saturated heterocycles. The number of nitriles is 1. The van der Waals surface area contributed by atoms with Crippen LogP contribution in [-0.2, 0) is 6.54 Å². The first kappa shape index (κ1) is 25.2. The first-order chi connectivity index (χ1) is 18.5.